The third kappa shape index (κ3) is 2.04. The van der Waals surface area contributed by atoms with Gasteiger partial charge in [-0.3, -0.25) is 4.79 Å². The third-order valence-corrected chi connectivity index (χ3v) is 3.95. The van der Waals surface area contributed by atoms with E-state index in [1.807, 2.05) is 12.1 Å². The Morgan fingerprint density at radius 3 is 2.90 bits per heavy atom. The topological polar surface area (TPSA) is 66.6 Å². The summed E-state index contributed by atoms with van der Waals surface area (Å²) in [6.07, 6.45) is 0.779. The van der Waals surface area contributed by atoms with Crippen molar-refractivity contribution in [1.29, 1.82) is 0 Å². The van der Waals surface area contributed by atoms with Crippen LogP contribution in [0.4, 0.5) is 11.4 Å². The van der Waals surface area contributed by atoms with E-state index in [1.54, 1.807) is 23.1 Å². The Hall–Kier alpha value is -2.01. The number of aromatic hydroxyl groups is 1. The van der Waals surface area contributed by atoms with Crippen molar-refractivity contribution in [3.05, 3.63) is 52.0 Å². The van der Waals surface area contributed by atoms with Gasteiger partial charge in [-0.1, -0.05) is 28.1 Å². The van der Waals surface area contributed by atoms with Gasteiger partial charge in [0.1, 0.15) is 5.75 Å². The molecule has 2 aromatic rings. The van der Waals surface area contributed by atoms with Crippen LogP contribution in [0, 0.1) is 0 Å². The fourth-order valence-corrected chi connectivity index (χ4v) is 2.88. The molecule has 3 N–H and O–H groups in total. The first kappa shape index (κ1) is 13.0. The Labute approximate surface area is 125 Å². The molecule has 0 saturated carbocycles. The van der Waals surface area contributed by atoms with Gasteiger partial charge < -0.3 is 15.7 Å². The van der Waals surface area contributed by atoms with Gasteiger partial charge in [-0.15, -0.1) is 0 Å². The van der Waals surface area contributed by atoms with Gasteiger partial charge in [0.15, 0.2) is 0 Å². The number of anilines is 2. The molecule has 0 aliphatic carbocycles. The monoisotopic (exact) mass is 332 g/mol. The molecule has 1 aliphatic rings. The zero-order valence-electron chi connectivity index (χ0n) is 10.6. The van der Waals surface area contributed by atoms with E-state index < -0.39 is 0 Å². The summed E-state index contributed by atoms with van der Waals surface area (Å²) >= 11 is 3.31. The lowest BCUT2D eigenvalue weighted by atomic mass is 10.1. The zero-order chi connectivity index (χ0) is 14.3. The molecule has 0 bridgehead atoms. The van der Waals surface area contributed by atoms with Crippen molar-refractivity contribution >= 4 is 33.2 Å². The minimum Gasteiger partial charge on any atom is -0.507 e. The van der Waals surface area contributed by atoms with Gasteiger partial charge in [0.2, 0.25) is 0 Å². The van der Waals surface area contributed by atoms with Crippen LogP contribution in [0.25, 0.3) is 0 Å². The summed E-state index contributed by atoms with van der Waals surface area (Å²) in [5.41, 5.74) is 8.66. The van der Waals surface area contributed by atoms with Crippen LogP contribution in [0.3, 0.4) is 0 Å². The summed E-state index contributed by atoms with van der Waals surface area (Å²) < 4.78 is 0.749. The Balaban J connectivity index is 2.04. The molecular weight excluding hydrogens is 320 g/mol. The summed E-state index contributed by atoms with van der Waals surface area (Å²) in [7, 11) is 0. The van der Waals surface area contributed by atoms with Crippen LogP contribution in [0.1, 0.15) is 15.9 Å². The fraction of sp³-hybridized carbons (Fsp3) is 0.133. The second-order valence-corrected chi connectivity index (χ2v) is 5.64. The number of para-hydroxylation sites is 1. The molecule has 20 heavy (non-hydrogen) atoms. The average molecular weight is 333 g/mol. The maximum absolute atomic E-state index is 12.6. The predicted octanol–water partition coefficient (Wildman–Crippen LogP) is 2.94. The van der Waals surface area contributed by atoms with Crippen LogP contribution >= 0.6 is 15.9 Å². The summed E-state index contributed by atoms with van der Waals surface area (Å²) in [6, 6.07) is 10.5. The molecule has 3 rings (SSSR count). The van der Waals surface area contributed by atoms with Gasteiger partial charge in [0, 0.05) is 11.0 Å². The van der Waals surface area contributed by atoms with Crippen molar-refractivity contribution in [3.63, 3.8) is 0 Å². The Morgan fingerprint density at radius 1 is 1.30 bits per heavy atom. The lowest BCUT2D eigenvalue weighted by Gasteiger charge is -2.19. The molecule has 1 amide bonds. The number of fused-ring (bicyclic) bond motifs is 1. The highest BCUT2D eigenvalue weighted by Crippen LogP contribution is 2.35. The Morgan fingerprint density at radius 2 is 2.10 bits per heavy atom. The molecule has 1 aliphatic heterocycles. The number of nitrogen functional groups attached to an aromatic ring is 1. The van der Waals surface area contributed by atoms with Gasteiger partial charge in [-0.25, -0.2) is 0 Å². The van der Waals surface area contributed by atoms with Gasteiger partial charge in [-0.2, -0.15) is 0 Å². The van der Waals surface area contributed by atoms with Crippen LogP contribution in [0.5, 0.6) is 5.75 Å². The number of carbonyl (C=O) groups excluding carboxylic acids is 1. The number of amides is 1. The van der Waals surface area contributed by atoms with Crippen LogP contribution in [-0.4, -0.2) is 17.6 Å². The van der Waals surface area contributed by atoms with Gasteiger partial charge in [0.05, 0.1) is 16.9 Å². The van der Waals surface area contributed by atoms with Crippen molar-refractivity contribution < 1.29 is 9.90 Å². The number of rotatable bonds is 1. The second kappa shape index (κ2) is 4.83. The van der Waals surface area contributed by atoms with E-state index in [2.05, 4.69) is 15.9 Å². The molecule has 5 heteroatoms. The SMILES string of the molecule is Nc1cccc2c1N(C(=O)c1cc(Br)ccc1O)CC2. The third-order valence-electron chi connectivity index (χ3n) is 3.46. The molecular formula is C15H13BrN2O2. The minimum atomic E-state index is -0.236. The smallest absolute Gasteiger partial charge is 0.262 e. The highest BCUT2D eigenvalue weighted by atomic mass is 79.9. The minimum absolute atomic E-state index is 0.0267. The van der Waals surface area contributed by atoms with E-state index in [4.69, 9.17) is 5.73 Å². The average Bonchev–Trinajstić information content (AvgIpc) is 2.86. The molecule has 0 atom stereocenters. The number of nitrogens with two attached hydrogens (primary N) is 1. The summed E-state index contributed by atoms with van der Waals surface area (Å²) in [5, 5.41) is 9.88. The van der Waals surface area contributed by atoms with Gasteiger partial charge >= 0.3 is 0 Å². The Bertz CT molecular complexity index is 700. The highest BCUT2D eigenvalue weighted by molar-refractivity contribution is 9.10. The molecule has 0 unspecified atom stereocenters. The number of hydrogen-bond donors (Lipinski definition) is 2. The molecule has 1 heterocycles. The fourth-order valence-electron chi connectivity index (χ4n) is 2.51. The normalized spacial score (nSPS) is 13.3. The maximum atomic E-state index is 12.6. The number of nitrogens with zero attached hydrogens (tertiary/aromatic N) is 1. The number of hydrogen-bond acceptors (Lipinski definition) is 3. The summed E-state index contributed by atoms with van der Waals surface area (Å²) in [5.74, 6) is -0.262. The van der Waals surface area contributed by atoms with Gasteiger partial charge in [-0.05, 0) is 36.2 Å². The number of benzene rings is 2. The van der Waals surface area contributed by atoms with Crippen LogP contribution in [0.15, 0.2) is 40.9 Å². The molecule has 4 nitrogen and oxygen atoms in total. The first-order valence-corrected chi connectivity index (χ1v) is 7.05. The first-order valence-electron chi connectivity index (χ1n) is 6.25. The number of phenolic OH excluding ortho intramolecular Hbond substituents is 1. The predicted molar refractivity (Wildman–Crippen MR) is 82.0 cm³/mol. The molecule has 0 spiro atoms. The molecule has 0 fully saturated rings. The van der Waals surface area contributed by atoms with Crippen LogP contribution in [-0.2, 0) is 6.42 Å². The van der Waals surface area contributed by atoms with Crippen molar-refractivity contribution in [1.82, 2.24) is 0 Å². The van der Waals surface area contributed by atoms with Crippen LogP contribution < -0.4 is 10.6 Å². The van der Waals surface area contributed by atoms with Gasteiger partial charge in [0.25, 0.3) is 5.91 Å². The van der Waals surface area contributed by atoms with Crippen LogP contribution in [0.2, 0.25) is 0 Å². The standard InChI is InChI=1S/C15H13BrN2O2/c16-10-4-5-13(19)11(8-10)15(20)18-7-6-9-2-1-3-12(17)14(9)18/h1-5,8,19H,6-7,17H2. The second-order valence-electron chi connectivity index (χ2n) is 4.72. The van der Waals surface area contributed by atoms with Crippen molar-refractivity contribution in [2.24, 2.45) is 0 Å². The lowest BCUT2D eigenvalue weighted by Crippen LogP contribution is -2.29. The van der Waals surface area contributed by atoms with Crippen molar-refractivity contribution in [2.75, 3.05) is 17.2 Å². The summed E-state index contributed by atoms with van der Waals surface area (Å²) in [6.45, 7) is 0.578. The Kier molecular flexibility index (Phi) is 3.14. The summed E-state index contributed by atoms with van der Waals surface area (Å²) in [4.78, 5) is 14.3. The molecule has 0 aromatic heterocycles. The molecule has 0 saturated heterocycles. The largest absolute Gasteiger partial charge is 0.507 e. The van der Waals surface area contributed by atoms with Crippen molar-refractivity contribution in [3.8, 4) is 5.75 Å². The zero-order valence-corrected chi connectivity index (χ0v) is 12.2. The van der Waals surface area contributed by atoms with E-state index in [0.29, 0.717) is 12.2 Å². The van der Waals surface area contributed by atoms with E-state index in [9.17, 15) is 9.90 Å². The van der Waals surface area contributed by atoms with E-state index in [-0.39, 0.29) is 17.2 Å². The van der Waals surface area contributed by atoms with E-state index in [0.717, 1.165) is 22.1 Å². The number of phenols is 1. The molecule has 2 aromatic carbocycles. The van der Waals surface area contributed by atoms with E-state index in [1.165, 1.54) is 6.07 Å². The maximum Gasteiger partial charge on any atom is 0.262 e. The molecule has 0 radical (unpaired) electrons. The quantitative estimate of drug-likeness (QED) is 0.789. The number of carbonyl (C=O) groups is 1. The van der Waals surface area contributed by atoms with E-state index >= 15 is 0 Å². The van der Waals surface area contributed by atoms with Crippen molar-refractivity contribution in [2.45, 2.75) is 6.42 Å². The highest BCUT2D eigenvalue weighted by Gasteiger charge is 2.28. The molecule has 102 valence electrons. The first-order chi connectivity index (χ1) is 9.58. The number of halogens is 1. The lowest BCUT2D eigenvalue weighted by molar-refractivity contribution is 0.0987.